The zero-order valence-electron chi connectivity index (χ0n) is 15.5. The average Bonchev–Trinajstić information content (AvgIpc) is 3.24. The second-order valence-corrected chi connectivity index (χ2v) is 8.57. The van der Waals surface area contributed by atoms with E-state index >= 15 is 0 Å². The Bertz CT molecular complexity index is 982. The minimum absolute atomic E-state index is 0.207. The molecule has 0 bridgehead atoms. The Morgan fingerprint density at radius 3 is 2.41 bits per heavy atom. The highest BCUT2D eigenvalue weighted by Gasteiger charge is 2.15. The molecule has 9 heteroatoms. The van der Waals surface area contributed by atoms with Crippen LogP contribution in [0.3, 0.4) is 0 Å². The number of sulfonamides is 1. The fourth-order valence-electron chi connectivity index (χ4n) is 2.55. The fourth-order valence-corrected chi connectivity index (χ4v) is 2.92. The van der Waals surface area contributed by atoms with Gasteiger partial charge in [0, 0.05) is 31.1 Å². The normalized spacial score (nSPS) is 12.2. The van der Waals surface area contributed by atoms with Gasteiger partial charge in [-0.05, 0) is 31.3 Å². The molecule has 0 spiro atoms. The van der Waals surface area contributed by atoms with Gasteiger partial charge < -0.3 is 8.94 Å². The van der Waals surface area contributed by atoms with E-state index < -0.39 is 10.0 Å². The Labute approximate surface area is 158 Å². The standard InChI is InChI=1S/C18H22N4O4S/c1-21(11-15-6-7-16(25-15)13-22(2)27(3,23)24)12-17-9-18(20-26-17)14-5-4-8-19-10-14/h4-10H,11-13H2,1-3H3. The van der Waals surface area contributed by atoms with E-state index in [0.29, 0.717) is 18.8 Å². The predicted octanol–water partition coefficient (Wildman–Crippen LogP) is 2.35. The number of rotatable bonds is 8. The molecule has 27 heavy (non-hydrogen) atoms. The summed E-state index contributed by atoms with van der Waals surface area (Å²) in [5.41, 5.74) is 1.65. The molecule has 0 amide bonds. The van der Waals surface area contributed by atoms with Gasteiger partial charge in [-0.1, -0.05) is 5.16 Å². The van der Waals surface area contributed by atoms with E-state index in [2.05, 4.69) is 10.1 Å². The van der Waals surface area contributed by atoms with E-state index in [1.165, 1.54) is 17.6 Å². The maximum atomic E-state index is 11.5. The number of pyridine rings is 1. The van der Waals surface area contributed by atoms with Gasteiger partial charge in [0.1, 0.15) is 17.2 Å². The van der Waals surface area contributed by atoms with Crippen LogP contribution in [0.15, 0.2) is 51.7 Å². The molecule has 0 unspecified atom stereocenters. The van der Waals surface area contributed by atoms with Gasteiger partial charge in [0.2, 0.25) is 10.0 Å². The third kappa shape index (κ3) is 5.25. The van der Waals surface area contributed by atoms with Crippen LogP contribution in [-0.4, -0.2) is 48.1 Å². The van der Waals surface area contributed by atoms with Crippen LogP contribution in [0, 0.1) is 0 Å². The van der Waals surface area contributed by atoms with Crippen molar-refractivity contribution in [1.82, 2.24) is 19.3 Å². The third-order valence-corrected chi connectivity index (χ3v) is 5.29. The van der Waals surface area contributed by atoms with E-state index in [4.69, 9.17) is 8.94 Å². The summed E-state index contributed by atoms with van der Waals surface area (Å²) in [6.07, 6.45) is 4.62. The molecular formula is C18H22N4O4S. The smallest absolute Gasteiger partial charge is 0.211 e. The number of hydrogen-bond acceptors (Lipinski definition) is 7. The van der Waals surface area contributed by atoms with Crippen molar-refractivity contribution in [1.29, 1.82) is 0 Å². The lowest BCUT2D eigenvalue weighted by atomic mass is 10.2. The minimum Gasteiger partial charge on any atom is -0.463 e. The number of furan rings is 1. The third-order valence-electron chi connectivity index (χ3n) is 4.03. The fraction of sp³-hybridized carbons (Fsp3) is 0.333. The first kappa shape index (κ1) is 19.3. The molecule has 0 fully saturated rings. The highest BCUT2D eigenvalue weighted by atomic mass is 32.2. The van der Waals surface area contributed by atoms with Crippen LogP contribution < -0.4 is 0 Å². The Kier molecular flexibility index (Phi) is 5.73. The van der Waals surface area contributed by atoms with Gasteiger partial charge in [0.05, 0.1) is 25.9 Å². The summed E-state index contributed by atoms with van der Waals surface area (Å²) >= 11 is 0. The molecule has 3 rings (SSSR count). The summed E-state index contributed by atoms with van der Waals surface area (Å²) < 4.78 is 35.3. The number of aromatic nitrogens is 2. The summed E-state index contributed by atoms with van der Waals surface area (Å²) in [4.78, 5) is 6.10. The number of hydrogen-bond donors (Lipinski definition) is 0. The Hall–Kier alpha value is -2.49. The Balaban J connectivity index is 1.57. The first-order chi connectivity index (χ1) is 12.8. The second-order valence-electron chi connectivity index (χ2n) is 6.48. The van der Waals surface area contributed by atoms with Gasteiger partial charge >= 0.3 is 0 Å². The maximum absolute atomic E-state index is 11.5. The summed E-state index contributed by atoms with van der Waals surface area (Å²) in [6, 6.07) is 9.31. The largest absolute Gasteiger partial charge is 0.463 e. The van der Waals surface area contributed by atoms with E-state index in [0.717, 1.165) is 22.8 Å². The molecule has 0 N–H and O–H groups in total. The molecule has 0 saturated heterocycles. The van der Waals surface area contributed by atoms with Gasteiger partial charge in [-0.25, -0.2) is 8.42 Å². The summed E-state index contributed by atoms with van der Waals surface area (Å²) in [6.45, 7) is 1.33. The molecular weight excluding hydrogens is 368 g/mol. The molecule has 0 aromatic carbocycles. The lowest BCUT2D eigenvalue weighted by Crippen LogP contribution is -2.24. The molecule has 0 aliphatic heterocycles. The lowest BCUT2D eigenvalue weighted by Gasteiger charge is -2.13. The van der Waals surface area contributed by atoms with Crippen molar-refractivity contribution in [3.05, 3.63) is 60.0 Å². The van der Waals surface area contributed by atoms with Gasteiger partial charge in [0.25, 0.3) is 0 Å². The van der Waals surface area contributed by atoms with E-state index in [-0.39, 0.29) is 6.54 Å². The van der Waals surface area contributed by atoms with Crippen LogP contribution in [0.1, 0.15) is 17.3 Å². The van der Waals surface area contributed by atoms with Crippen LogP contribution in [0.4, 0.5) is 0 Å². The van der Waals surface area contributed by atoms with Crippen LogP contribution in [0.2, 0.25) is 0 Å². The van der Waals surface area contributed by atoms with Crippen LogP contribution in [0.5, 0.6) is 0 Å². The molecule has 0 radical (unpaired) electrons. The van der Waals surface area contributed by atoms with Crippen molar-refractivity contribution in [2.24, 2.45) is 0 Å². The monoisotopic (exact) mass is 390 g/mol. The van der Waals surface area contributed by atoms with Gasteiger partial charge in [-0.15, -0.1) is 0 Å². The predicted molar refractivity (Wildman–Crippen MR) is 99.9 cm³/mol. The van der Waals surface area contributed by atoms with E-state index in [1.807, 2.05) is 36.2 Å². The summed E-state index contributed by atoms with van der Waals surface area (Å²) in [7, 11) is 0.226. The maximum Gasteiger partial charge on any atom is 0.211 e. The molecule has 144 valence electrons. The zero-order valence-corrected chi connectivity index (χ0v) is 16.3. The van der Waals surface area contributed by atoms with Crippen LogP contribution in [-0.2, 0) is 29.7 Å². The highest BCUT2D eigenvalue weighted by molar-refractivity contribution is 7.88. The van der Waals surface area contributed by atoms with Gasteiger partial charge in [-0.3, -0.25) is 9.88 Å². The van der Waals surface area contributed by atoms with Crippen LogP contribution >= 0.6 is 0 Å². The topological polar surface area (TPSA) is 92.7 Å². The molecule has 8 nitrogen and oxygen atoms in total. The quantitative estimate of drug-likeness (QED) is 0.583. The average molecular weight is 390 g/mol. The number of nitrogens with zero attached hydrogens (tertiary/aromatic N) is 4. The molecule has 0 aliphatic rings. The van der Waals surface area contributed by atoms with Crippen molar-refractivity contribution in [3.63, 3.8) is 0 Å². The first-order valence-corrected chi connectivity index (χ1v) is 10.2. The second kappa shape index (κ2) is 8.03. The van der Waals surface area contributed by atoms with E-state index in [9.17, 15) is 8.42 Å². The zero-order chi connectivity index (χ0) is 19.4. The molecule has 0 atom stereocenters. The first-order valence-electron chi connectivity index (χ1n) is 8.34. The van der Waals surface area contributed by atoms with Crippen molar-refractivity contribution in [2.45, 2.75) is 19.6 Å². The summed E-state index contributed by atoms with van der Waals surface area (Å²) in [5, 5.41) is 4.08. The van der Waals surface area contributed by atoms with Gasteiger partial charge in [0.15, 0.2) is 5.76 Å². The molecule has 3 aromatic rings. The Morgan fingerprint density at radius 1 is 1.04 bits per heavy atom. The van der Waals surface area contributed by atoms with E-state index in [1.54, 1.807) is 18.5 Å². The van der Waals surface area contributed by atoms with Crippen LogP contribution in [0.25, 0.3) is 11.3 Å². The lowest BCUT2D eigenvalue weighted by molar-refractivity contribution is 0.245. The molecule has 3 heterocycles. The van der Waals surface area contributed by atoms with Gasteiger partial charge in [-0.2, -0.15) is 4.31 Å². The molecule has 0 saturated carbocycles. The molecule has 3 aromatic heterocycles. The Morgan fingerprint density at radius 2 is 1.74 bits per heavy atom. The van der Waals surface area contributed by atoms with Crippen molar-refractivity contribution >= 4 is 10.0 Å². The summed E-state index contributed by atoms with van der Waals surface area (Å²) in [5.74, 6) is 2.09. The minimum atomic E-state index is -3.24. The van der Waals surface area contributed by atoms with Crippen molar-refractivity contribution < 1.29 is 17.4 Å². The van der Waals surface area contributed by atoms with Crippen molar-refractivity contribution in [3.8, 4) is 11.3 Å². The SMILES string of the molecule is CN(Cc1cc(-c2cccnc2)no1)Cc1ccc(CN(C)S(C)(=O)=O)o1. The highest BCUT2D eigenvalue weighted by Crippen LogP contribution is 2.19. The molecule has 0 aliphatic carbocycles. The van der Waals surface area contributed by atoms with Crippen molar-refractivity contribution in [2.75, 3.05) is 20.4 Å².